The molecule has 3 rings (SSSR count). The Morgan fingerprint density at radius 1 is 1.00 bits per heavy atom. The van der Waals surface area contributed by atoms with Gasteiger partial charge in [-0.1, -0.05) is 24.3 Å². The van der Waals surface area contributed by atoms with Gasteiger partial charge in [-0.2, -0.15) is 0 Å². The number of carbonyl (C=O) groups excluding carboxylic acids is 1. The molecule has 1 saturated heterocycles. The third-order valence-corrected chi connectivity index (χ3v) is 6.56. The minimum atomic E-state index is -3.28. The first-order valence-corrected chi connectivity index (χ1v) is 11.2. The number of carbonyl (C=O) groups is 1. The van der Waals surface area contributed by atoms with Crippen molar-refractivity contribution in [1.29, 1.82) is 0 Å². The van der Waals surface area contributed by atoms with E-state index < -0.39 is 10.0 Å². The zero-order valence-corrected chi connectivity index (χ0v) is 16.9. The van der Waals surface area contributed by atoms with Crippen LogP contribution in [-0.4, -0.2) is 38.3 Å². The Bertz CT molecular complexity index is 887. The van der Waals surface area contributed by atoms with Gasteiger partial charge in [0.2, 0.25) is 10.0 Å². The number of benzene rings is 2. The second-order valence-corrected chi connectivity index (χ2v) is 8.79. The van der Waals surface area contributed by atoms with Gasteiger partial charge in [0.15, 0.2) is 0 Å². The van der Waals surface area contributed by atoms with Crippen molar-refractivity contribution in [2.24, 2.45) is 0 Å². The Morgan fingerprint density at radius 2 is 1.61 bits per heavy atom. The molecule has 1 amide bonds. The highest BCUT2D eigenvalue weighted by Gasteiger charge is 2.25. The standard InChI is InChI=1S/C21H26N2O4S/c1-2-27-20-11-7-17(8-12-20)15-22-21(24)19-9-5-18(6-10-19)16-28(25,26)23-13-3-4-14-23/h5-12H,2-4,13-16H2,1H3,(H,22,24). The quantitative estimate of drug-likeness (QED) is 0.737. The van der Waals surface area contributed by atoms with Gasteiger partial charge in [0, 0.05) is 25.2 Å². The molecule has 0 spiro atoms. The fourth-order valence-corrected chi connectivity index (χ4v) is 4.79. The highest BCUT2D eigenvalue weighted by molar-refractivity contribution is 7.88. The average Bonchev–Trinajstić information content (AvgIpc) is 3.24. The Labute approximate surface area is 166 Å². The molecule has 0 radical (unpaired) electrons. The maximum atomic E-state index is 12.4. The van der Waals surface area contributed by atoms with Gasteiger partial charge in [-0.25, -0.2) is 12.7 Å². The molecular weight excluding hydrogens is 376 g/mol. The summed E-state index contributed by atoms with van der Waals surface area (Å²) in [6.07, 6.45) is 1.85. The minimum Gasteiger partial charge on any atom is -0.494 e. The molecule has 0 bridgehead atoms. The maximum absolute atomic E-state index is 12.4. The van der Waals surface area contributed by atoms with Gasteiger partial charge >= 0.3 is 0 Å². The molecule has 2 aromatic rings. The smallest absolute Gasteiger partial charge is 0.251 e. The van der Waals surface area contributed by atoms with Crippen molar-refractivity contribution in [2.75, 3.05) is 19.7 Å². The van der Waals surface area contributed by atoms with E-state index in [1.807, 2.05) is 31.2 Å². The van der Waals surface area contributed by atoms with Gasteiger partial charge in [-0.15, -0.1) is 0 Å². The molecule has 6 nitrogen and oxygen atoms in total. The Hall–Kier alpha value is -2.38. The monoisotopic (exact) mass is 402 g/mol. The number of amides is 1. The molecule has 7 heteroatoms. The largest absolute Gasteiger partial charge is 0.494 e. The third-order valence-electron chi connectivity index (χ3n) is 4.71. The number of nitrogens with zero attached hydrogens (tertiary/aromatic N) is 1. The maximum Gasteiger partial charge on any atom is 0.251 e. The summed E-state index contributed by atoms with van der Waals surface area (Å²) in [4.78, 5) is 12.3. The highest BCUT2D eigenvalue weighted by atomic mass is 32.2. The van der Waals surface area contributed by atoms with Crippen molar-refractivity contribution in [3.05, 3.63) is 65.2 Å². The van der Waals surface area contributed by atoms with Gasteiger partial charge in [0.25, 0.3) is 5.91 Å². The van der Waals surface area contributed by atoms with Crippen molar-refractivity contribution in [1.82, 2.24) is 9.62 Å². The normalized spacial score (nSPS) is 14.8. The SMILES string of the molecule is CCOc1ccc(CNC(=O)c2ccc(CS(=O)(=O)N3CCCC3)cc2)cc1. The van der Waals surface area contributed by atoms with Crippen LogP contribution >= 0.6 is 0 Å². The summed E-state index contributed by atoms with van der Waals surface area (Å²) in [5.41, 5.74) is 2.17. The van der Waals surface area contributed by atoms with Crippen LogP contribution in [0.1, 0.15) is 41.3 Å². The lowest BCUT2D eigenvalue weighted by Gasteiger charge is -2.15. The molecule has 1 aliphatic rings. The molecule has 2 aromatic carbocycles. The molecule has 28 heavy (non-hydrogen) atoms. The van der Waals surface area contributed by atoms with Crippen LogP contribution in [0.25, 0.3) is 0 Å². The zero-order chi connectivity index (χ0) is 20.0. The molecule has 1 N–H and O–H groups in total. The van der Waals surface area contributed by atoms with Crippen molar-refractivity contribution in [2.45, 2.75) is 32.1 Å². The fraction of sp³-hybridized carbons (Fsp3) is 0.381. The van der Waals surface area contributed by atoms with Gasteiger partial charge in [0.05, 0.1) is 12.4 Å². The van der Waals surface area contributed by atoms with E-state index in [2.05, 4.69) is 5.32 Å². The summed E-state index contributed by atoms with van der Waals surface area (Å²) in [5.74, 6) is 0.584. The fourth-order valence-electron chi connectivity index (χ4n) is 3.18. The van der Waals surface area contributed by atoms with Gasteiger partial charge in [0.1, 0.15) is 5.75 Å². The van der Waals surface area contributed by atoms with Crippen LogP contribution in [0.4, 0.5) is 0 Å². The van der Waals surface area contributed by atoms with E-state index in [9.17, 15) is 13.2 Å². The number of hydrogen-bond acceptors (Lipinski definition) is 4. The summed E-state index contributed by atoms with van der Waals surface area (Å²) in [6.45, 7) is 4.17. The summed E-state index contributed by atoms with van der Waals surface area (Å²) < 4.78 is 31.7. The number of nitrogens with one attached hydrogen (secondary N) is 1. The van der Waals surface area contributed by atoms with Crippen molar-refractivity contribution < 1.29 is 17.9 Å². The summed E-state index contributed by atoms with van der Waals surface area (Å²) in [5, 5.41) is 2.87. The van der Waals surface area contributed by atoms with Gasteiger partial charge in [-0.3, -0.25) is 4.79 Å². The van der Waals surface area contributed by atoms with Crippen LogP contribution in [0.5, 0.6) is 5.75 Å². The first-order valence-electron chi connectivity index (χ1n) is 9.54. The van der Waals surface area contributed by atoms with E-state index in [0.717, 1.165) is 24.2 Å². The lowest BCUT2D eigenvalue weighted by atomic mass is 10.1. The minimum absolute atomic E-state index is 0.0267. The lowest BCUT2D eigenvalue weighted by Crippen LogP contribution is -2.29. The van der Waals surface area contributed by atoms with Crippen molar-refractivity contribution in [3.63, 3.8) is 0 Å². The molecule has 1 heterocycles. The van der Waals surface area contributed by atoms with Crippen LogP contribution in [0.15, 0.2) is 48.5 Å². The van der Waals surface area contributed by atoms with Gasteiger partial charge < -0.3 is 10.1 Å². The van der Waals surface area contributed by atoms with E-state index in [1.165, 1.54) is 0 Å². The molecular formula is C21H26N2O4S. The van der Waals surface area contributed by atoms with Crippen LogP contribution in [0, 0.1) is 0 Å². The number of ether oxygens (including phenoxy) is 1. The van der Waals surface area contributed by atoms with E-state index in [4.69, 9.17) is 4.74 Å². The molecule has 150 valence electrons. The molecule has 1 fully saturated rings. The molecule has 0 unspecified atom stereocenters. The van der Waals surface area contributed by atoms with Gasteiger partial charge in [-0.05, 0) is 55.2 Å². The molecule has 1 aliphatic heterocycles. The second kappa shape index (κ2) is 9.21. The molecule has 0 atom stereocenters. The second-order valence-electron chi connectivity index (χ2n) is 6.82. The van der Waals surface area contributed by atoms with E-state index in [-0.39, 0.29) is 11.7 Å². The van der Waals surface area contributed by atoms with Crippen molar-refractivity contribution >= 4 is 15.9 Å². The topological polar surface area (TPSA) is 75.7 Å². The first-order chi connectivity index (χ1) is 13.5. The molecule has 0 aromatic heterocycles. The molecule has 0 saturated carbocycles. The average molecular weight is 403 g/mol. The van der Waals surface area contributed by atoms with Crippen molar-refractivity contribution in [3.8, 4) is 5.75 Å². The summed E-state index contributed by atoms with van der Waals surface area (Å²) in [6, 6.07) is 14.3. The van der Waals surface area contributed by atoms with Crippen LogP contribution < -0.4 is 10.1 Å². The molecule has 0 aliphatic carbocycles. The van der Waals surface area contributed by atoms with E-state index in [1.54, 1.807) is 28.6 Å². The third kappa shape index (κ3) is 5.33. The number of rotatable bonds is 8. The van der Waals surface area contributed by atoms with Crippen LogP contribution in [0.2, 0.25) is 0 Å². The number of sulfonamides is 1. The Morgan fingerprint density at radius 3 is 2.21 bits per heavy atom. The Balaban J connectivity index is 1.54. The van der Waals surface area contributed by atoms with Crippen LogP contribution in [0.3, 0.4) is 0 Å². The first kappa shape index (κ1) is 20.4. The highest BCUT2D eigenvalue weighted by Crippen LogP contribution is 2.18. The zero-order valence-electron chi connectivity index (χ0n) is 16.1. The van der Waals surface area contributed by atoms with E-state index in [0.29, 0.717) is 37.4 Å². The number of hydrogen-bond donors (Lipinski definition) is 1. The van der Waals surface area contributed by atoms with E-state index >= 15 is 0 Å². The summed E-state index contributed by atoms with van der Waals surface area (Å²) >= 11 is 0. The Kier molecular flexibility index (Phi) is 6.70. The van der Waals surface area contributed by atoms with Crippen LogP contribution in [-0.2, 0) is 22.3 Å². The lowest BCUT2D eigenvalue weighted by molar-refractivity contribution is 0.0951. The summed E-state index contributed by atoms with van der Waals surface area (Å²) in [7, 11) is -3.28. The predicted octanol–water partition coefficient (Wildman–Crippen LogP) is 2.94. The predicted molar refractivity (Wildman–Crippen MR) is 109 cm³/mol.